The highest BCUT2D eigenvalue weighted by atomic mass is 32.1. The molecule has 0 aliphatic heterocycles. The van der Waals surface area contributed by atoms with Crippen LogP contribution in [0.5, 0.6) is 0 Å². The summed E-state index contributed by atoms with van der Waals surface area (Å²) in [6.07, 6.45) is 0. The summed E-state index contributed by atoms with van der Waals surface area (Å²) in [6.45, 7) is 9.54. The predicted molar refractivity (Wildman–Crippen MR) is 72.3 cm³/mol. The van der Waals surface area contributed by atoms with Crippen molar-refractivity contribution in [1.29, 1.82) is 0 Å². The van der Waals surface area contributed by atoms with Gasteiger partial charge in [0.1, 0.15) is 0 Å². The van der Waals surface area contributed by atoms with Crippen LogP contribution >= 0.6 is 11.3 Å². The van der Waals surface area contributed by atoms with E-state index in [2.05, 4.69) is 4.98 Å². The van der Waals surface area contributed by atoms with Crippen LogP contribution in [0.2, 0.25) is 0 Å². The van der Waals surface area contributed by atoms with Gasteiger partial charge in [-0.15, -0.1) is 11.3 Å². The van der Waals surface area contributed by atoms with Crippen LogP contribution in [0.4, 0.5) is 0 Å². The predicted octanol–water partition coefficient (Wildman–Crippen LogP) is 4.55. The molecule has 16 heavy (non-hydrogen) atoms. The van der Waals surface area contributed by atoms with Gasteiger partial charge in [0.15, 0.2) is 10.8 Å². The number of fused-ring (bicyclic) bond motifs is 1. The van der Waals surface area contributed by atoms with Crippen LogP contribution < -0.4 is 0 Å². The van der Waals surface area contributed by atoms with E-state index in [1.165, 1.54) is 18.3 Å². The standard InChI is InChI=1S/C9H7NOS.2C2H6/c1-6(11)9-10-7-4-2-3-5-8(7)12-9;2*1-2/h2-5H,1H3;2*1-2H3. The molecule has 0 fully saturated rings. The molecule has 0 aliphatic rings. The second-order valence-corrected chi connectivity index (χ2v) is 3.57. The zero-order valence-electron chi connectivity index (χ0n) is 10.6. The molecule has 0 radical (unpaired) electrons. The van der Waals surface area contributed by atoms with Gasteiger partial charge in [0.25, 0.3) is 0 Å². The Morgan fingerprint density at radius 2 is 1.69 bits per heavy atom. The maximum Gasteiger partial charge on any atom is 0.188 e. The number of hydrogen-bond donors (Lipinski definition) is 0. The fraction of sp³-hybridized carbons (Fsp3) is 0.385. The highest BCUT2D eigenvalue weighted by molar-refractivity contribution is 7.20. The topological polar surface area (TPSA) is 30.0 Å². The second kappa shape index (κ2) is 7.99. The quantitative estimate of drug-likeness (QED) is 0.681. The zero-order valence-corrected chi connectivity index (χ0v) is 11.4. The van der Waals surface area contributed by atoms with Crippen molar-refractivity contribution in [3.05, 3.63) is 29.3 Å². The number of nitrogens with zero attached hydrogens (tertiary/aromatic N) is 1. The van der Waals surface area contributed by atoms with Crippen LogP contribution in [0.25, 0.3) is 10.2 Å². The molecule has 0 unspecified atom stereocenters. The molecule has 0 bridgehead atoms. The maximum atomic E-state index is 11.0. The first-order valence-electron chi connectivity index (χ1n) is 5.64. The van der Waals surface area contributed by atoms with Gasteiger partial charge >= 0.3 is 0 Å². The Balaban J connectivity index is 0.000000509. The summed E-state index contributed by atoms with van der Waals surface area (Å²) in [6, 6.07) is 7.76. The number of carbonyl (C=O) groups is 1. The summed E-state index contributed by atoms with van der Waals surface area (Å²) in [5.41, 5.74) is 0.910. The SMILES string of the molecule is CC.CC.CC(=O)c1nc2ccccc2s1. The van der Waals surface area contributed by atoms with E-state index in [4.69, 9.17) is 0 Å². The number of ketones is 1. The lowest BCUT2D eigenvalue weighted by Gasteiger charge is -1.80. The Morgan fingerprint density at radius 1 is 1.12 bits per heavy atom. The minimum Gasteiger partial charge on any atom is -0.292 e. The molecule has 0 spiro atoms. The lowest BCUT2D eigenvalue weighted by molar-refractivity contribution is 0.101. The Kier molecular flexibility index (Phi) is 7.38. The fourth-order valence-electron chi connectivity index (χ4n) is 1.02. The van der Waals surface area contributed by atoms with Crippen molar-refractivity contribution in [1.82, 2.24) is 4.98 Å². The Hall–Kier alpha value is -1.22. The van der Waals surface area contributed by atoms with Crippen molar-refractivity contribution in [3.8, 4) is 0 Å². The minimum absolute atomic E-state index is 0.0381. The summed E-state index contributed by atoms with van der Waals surface area (Å²) in [7, 11) is 0. The molecule has 2 nitrogen and oxygen atoms in total. The maximum absolute atomic E-state index is 11.0. The summed E-state index contributed by atoms with van der Waals surface area (Å²) < 4.78 is 1.07. The van der Waals surface area contributed by atoms with Crippen molar-refractivity contribution < 1.29 is 4.79 Å². The molecule has 88 valence electrons. The van der Waals surface area contributed by atoms with E-state index in [1.54, 1.807) is 0 Å². The van der Waals surface area contributed by atoms with Gasteiger partial charge in [0, 0.05) is 6.92 Å². The van der Waals surface area contributed by atoms with Crippen LogP contribution in [0.3, 0.4) is 0 Å². The van der Waals surface area contributed by atoms with Gasteiger partial charge in [0.05, 0.1) is 10.2 Å². The summed E-state index contributed by atoms with van der Waals surface area (Å²) in [5, 5.41) is 0.594. The lowest BCUT2D eigenvalue weighted by Crippen LogP contribution is -1.87. The third kappa shape index (κ3) is 3.74. The highest BCUT2D eigenvalue weighted by Gasteiger charge is 2.05. The van der Waals surface area contributed by atoms with Crippen molar-refractivity contribution in [3.63, 3.8) is 0 Å². The van der Waals surface area contributed by atoms with Crippen LogP contribution in [0.15, 0.2) is 24.3 Å². The summed E-state index contributed by atoms with van der Waals surface area (Å²) in [5.74, 6) is 0.0381. The molecular weight excluding hydrogens is 218 g/mol. The van der Waals surface area contributed by atoms with Gasteiger partial charge in [0.2, 0.25) is 0 Å². The molecule has 0 amide bonds. The number of para-hydroxylation sites is 1. The summed E-state index contributed by atoms with van der Waals surface area (Å²) >= 11 is 1.44. The smallest absolute Gasteiger partial charge is 0.188 e. The number of benzene rings is 1. The van der Waals surface area contributed by atoms with E-state index >= 15 is 0 Å². The number of hydrogen-bond acceptors (Lipinski definition) is 3. The number of thiazole rings is 1. The first kappa shape index (κ1) is 14.8. The Bertz CT molecular complexity index is 401. The van der Waals surface area contributed by atoms with Gasteiger partial charge in [-0.1, -0.05) is 39.8 Å². The number of Topliss-reactive ketones (excluding diaryl/α,β-unsaturated/α-hetero) is 1. The van der Waals surface area contributed by atoms with Gasteiger partial charge in [-0.2, -0.15) is 0 Å². The van der Waals surface area contributed by atoms with Crippen molar-refractivity contribution in [2.45, 2.75) is 34.6 Å². The molecule has 1 aromatic carbocycles. The van der Waals surface area contributed by atoms with E-state index in [1.807, 2.05) is 52.0 Å². The van der Waals surface area contributed by atoms with Gasteiger partial charge < -0.3 is 0 Å². The van der Waals surface area contributed by atoms with Crippen LogP contribution in [0, 0.1) is 0 Å². The molecule has 0 aliphatic carbocycles. The Morgan fingerprint density at radius 3 is 2.19 bits per heavy atom. The van der Waals surface area contributed by atoms with E-state index in [-0.39, 0.29) is 5.78 Å². The normalized spacial score (nSPS) is 8.56. The van der Waals surface area contributed by atoms with Crippen LogP contribution in [0.1, 0.15) is 44.4 Å². The molecule has 2 rings (SSSR count). The molecule has 2 aromatic rings. The largest absolute Gasteiger partial charge is 0.292 e. The van der Waals surface area contributed by atoms with Gasteiger partial charge in [-0.05, 0) is 12.1 Å². The molecule has 1 aromatic heterocycles. The highest BCUT2D eigenvalue weighted by Crippen LogP contribution is 2.21. The van der Waals surface area contributed by atoms with E-state index in [0.717, 1.165) is 10.2 Å². The molecule has 0 saturated carbocycles. The van der Waals surface area contributed by atoms with Crippen molar-refractivity contribution in [2.75, 3.05) is 0 Å². The average Bonchev–Trinajstić information content (AvgIpc) is 2.78. The first-order chi connectivity index (χ1) is 7.77. The summed E-state index contributed by atoms with van der Waals surface area (Å²) in [4.78, 5) is 15.1. The first-order valence-corrected chi connectivity index (χ1v) is 6.45. The van der Waals surface area contributed by atoms with Crippen LogP contribution in [-0.2, 0) is 0 Å². The Labute approximate surface area is 101 Å². The number of carbonyl (C=O) groups excluding carboxylic acids is 1. The van der Waals surface area contributed by atoms with E-state index < -0.39 is 0 Å². The molecule has 3 heteroatoms. The van der Waals surface area contributed by atoms with Crippen molar-refractivity contribution in [2.24, 2.45) is 0 Å². The monoisotopic (exact) mass is 237 g/mol. The number of aromatic nitrogens is 1. The minimum atomic E-state index is 0.0381. The van der Waals surface area contributed by atoms with Crippen molar-refractivity contribution >= 4 is 27.3 Å². The molecule has 0 saturated heterocycles. The van der Waals surface area contributed by atoms with Gasteiger partial charge in [-0.3, -0.25) is 4.79 Å². The molecular formula is C13H19NOS. The van der Waals surface area contributed by atoms with Crippen LogP contribution in [-0.4, -0.2) is 10.8 Å². The zero-order chi connectivity index (χ0) is 12.6. The molecule has 0 N–H and O–H groups in total. The van der Waals surface area contributed by atoms with E-state index in [0.29, 0.717) is 5.01 Å². The second-order valence-electron chi connectivity index (χ2n) is 2.54. The lowest BCUT2D eigenvalue weighted by atomic mass is 10.3. The number of rotatable bonds is 1. The van der Waals surface area contributed by atoms with E-state index in [9.17, 15) is 4.79 Å². The molecule has 0 atom stereocenters. The fourth-order valence-corrected chi connectivity index (χ4v) is 1.88. The average molecular weight is 237 g/mol. The third-order valence-electron chi connectivity index (χ3n) is 1.60. The van der Waals surface area contributed by atoms with Gasteiger partial charge in [-0.25, -0.2) is 4.98 Å². The third-order valence-corrected chi connectivity index (χ3v) is 2.73. The molecule has 1 heterocycles.